The number of likely N-dealkylation sites (N-methyl/N-ethyl adjacent to an activating group) is 1. The molecule has 1 rings (SSSR count). The number of allylic oxidation sites excluding steroid dienone is 1. The van der Waals surface area contributed by atoms with E-state index in [0.29, 0.717) is 0 Å². The molecule has 0 bridgehead atoms. The number of nitrogens with zero attached hydrogens (tertiary/aromatic N) is 1. The summed E-state index contributed by atoms with van der Waals surface area (Å²) >= 11 is 0. The highest BCUT2D eigenvalue weighted by atomic mass is 16.5. The molecule has 2 N–H and O–H groups in total. The van der Waals surface area contributed by atoms with Crippen LogP contribution >= 0.6 is 0 Å². The molecule has 0 radical (unpaired) electrons. The van der Waals surface area contributed by atoms with Gasteiger partial charge in [-0.05, 0) is 26.9 Å². The molecule has 0 aliphatic carbocycles. The third-order valence-corrected chi connectivity index (χ3v) is 1.68. The summed E-state index contributed by atoms with van der Waals surface area (Å²) in [7, 11) is 4.02. The summed E-state index contributed by atoms with van der Waals surface area (Å²) in [5.41, 5.74) is 6.68. The summed E-state index contributed by atoms with van der Waals surface area (Å²) < 4.78 is 5.41. The van der Waals surface area contributed by atoms with Crippen molar-refractivity contribution in [2.24, 2.45) is 5.73 Å². The quantitative estimate of drug-likeness (QED) is 0.633. The fraction of sp³-hybridized carbons (Fsp3) is 0.750. The molecular weight excluding hydrogens is 140 g/mol. The zero-order valence-corrected chi connectivity index (χ0v) is 7.26. The largest absolute Gasteiger partial charge is 0.495 e. The number of ether oxygens (including phenoxy) is 1. The van der Waals surface area contributed by atoms with Gasteiger partial charge in [0.2, 0.25) is 0 Å². The highest BCUT2D eigenvalue weighted by Gasteiger charge is 2.11. The Labute approximate surface area is 67.8 Å². The summed E-state index contributed by atoms with van der Waals surface area (Å²) in [6, 6.07) is 0. The normalized spacial score (nSPS) is 18.8. The highest BCUT2D eigenvalue weighted by molar-refractivity contribution is 5.08. The second kappa shape index (κ2) is 3.62. The third kappa shape index (κ3) is 2.42. The van der Waals surface area contributed by atoms with Crippen LogP contribution in [-0.4, -0.2) is 32.1 Å². The maximum absolute atomic E-state index is 5.76. The van der Waals surface area contributed by atoms with Crippen LogP contribution in [0.25, 0.3) is 0 Å². The number of nitrogens with two attached hydrogens (primary N) is 1. The maximum atomic E-state index is 5.76. The molecule has 0 aromatic carbocycles. The van der Waals surface area contributed by atoms with E-state index in [0.717, 1.165) is 37.4 Å². The average molecular weight is 156 g/mol. The smallest absolute Gasteiger partial charge is 0.129 e. The molecule has 0 spiro atoms. The molecule has 0 amide bonds. The summed E-state index contributed by atoms with van der Waals surface area (Å²) in [6.07, 6.45) is 2.05. The van der Waals surface area contributed by atoms with Crippen LogP contribution in [0.15, 0.2) is 11.5 Å². The average Bonchev–Trinajstić information content (AvgIpc) is 1.93. The molecule has 1 aliphatic rings. The summed E-state index contributed by atoms with van der Waals surface area (Å²) in [6.45, 7) is 1.65. The minimum absolute atomic E-state index is 0.823. The van der Waals surface area contributed by atoms with Crippen molar-refractivity contribution in [1.29, 1.82) is 0 Å². The second-order valence-electron chi connectivity index (χ2n) is 3.14. The van der Waals surface area contributed by atoms with E-state index in [1.165, 1.54) is 0 Å². The monoisotopic (exact) mass is 156 g/mol. The summed E-state index contributed by atoms with van der Waals surface area (Å²) in [5.74, 6) is 0.959. The fourth-order valence-corrected chi connectivity index (χ4v) is 1.12. The van der Waals surface area contributed by atoms with Gasteiger partial charge in [0.15, 0.2) is 0 Å². The molecular formula is C8H16N2O. The molecule has 3 heteroatoms. The van der Waals surface area contributed by atoms with Crippen molar-refractivity contribution >= 4 is 0 Å². The molecule has 0 unspecified atom stereocenters. The minimum Gasteiger partial charge on any atom is -0.495 e. The lowest BCUT2D eigenvalue weighted by molar-refractivity contribution is 0.164. The van der Waals surface area contributed by atoms with Gasteiger partial charge in [-0.2, -0.15) is 0 Å². The van der Waals surface area contributed by atoms with Gasteiger partial charge in [-0.15, -0.1) is 0 Å². The van der Waals surface area contributed by atoms with Gasteiger partial charge < -0.3 is 15.4 Å². The standard InChI is InChI=1S/C8H16N2O/c1-10(2)6-8-7(9)4-3-5-11-8/h3-6,9H2,1-2H3. The van der Waals surface area contributed by atoms with Crippen LogP contribution in [0.2, 0.25) is 0 Å². The SMILES string of the molecule is CN(C)CC1=C(N)CCCO1. The van der Waals surface area contributed by atoms with Gasteiger partial charge >= 0.3 is 0 Å². The Kier molecular flexibility index (Phi) is 2.76. The Hall–Kier alpha value is -0.700. The van der Waals surface area contributed by atoms with Gasteiger partial charge in [-0.25, -0.2) is 0 Å². The van der Waals surface area contributed by atoms with Crippen LogP contribution in [0.3, 0.4) is 0 Å². The van der Waals surface area contributed by atoms with Gasteiger partial charge in [0.1, 0.15) is 5.76 Å². The Morgan fingerprint density at radius 1 is 1.55 bits per heavy atom. The molecule has 64 valence electrons. The van der Waals surface area contributed by atoms with Crippen molar-refractivity contribution in [1.82, 2.24) is 4.90 Å². The molecule has 0 fully saturated rings. The molecule has 0 saturated carbocycles. The lowest BCUT2D eigenvalue weighted by atomic mass is 10.2. The lowest BCUT2D eigenvalue weighted by Crippen LogP contribution is -2.23. The predicted octanol–water partition coefficient (Wildman–Crippen LogP) is 0.529. The first-order valence-corrected chi connectivity index (χ1v) is 3.95. The molecule has 11 heavy (non-hydrogen) atoms. The molecule has 3 nitrogen and oxygen atoms in total. The van der Waals surface area contributed by atoms with E-state index in [1.807, 2.05) is 14.1 Å². The Morgan fingerprint density at radius 2 is 2.27 bits per heavy atom. The van der Waals surface area contributed by atoms with Crippen LogP contribution in [0.1, 0.15) is 12.8 Å². The fourth-order valence-electron chi connectivity index (χ4n) is 1.12. The predicted molar refractivity (Wildman–Crippen MR) is 45.0 cm³/mol. The van der Waals surface area contributed by atoms with Crippen molar-refractivity contribution in [3.8, 4) is 0 Å². The molecule has 1 aliphatic heterocycles. The Morgan fingerprint density at radius 3 is 2.82 bits per heavy atom. The van der Waals surface area contributed by atoms with Gasteiger partial charge in [0, 0.05) is 5.70 Å². The summed E-state index contributed by atoms with van der Waals surface area (Å²) in [5, 5.41) is 0. The maximum Gasteiger partial charge on any atom is 0.129 e. The first-order valence-electron chi connectivity index (χ1n) is 3.95. The van der Waals surface area contributed by atoms with E-state index in [2.05, 4.69) is 4.90 Å². The van der Waals surface area contributed by atoms with Crippen molar-refractivity contribution in [3.63, 3.8) is 0 Å². The van der Waals surface area contributed by atoms with Gasteiger partial charge in [-0.1, -0.05) is 0 Å². The zero-order chi connectivity index (χ0) is 8.27. The van der Waals surface area contributed by atoms with Crippen LogP contribution in [-0.2, 0) is 4.74 Å². The second-order valence-corrected chi connectivity index (χ2v) is 3.14. The molecule has 0 aromatic heterocycles. The van der Waals surface area contributed by atoms with E-state index in [-0.39, 0.29) is 0 Å². The Bertz CT molecular complexity index is 163. The van der Waals surface area contributed by atoms with Crippen LogP contribution in [0.5, 0.6) is 0 Å². The van der Waals surface area contributed by atoms with E-state index in [9.17, 15) is 0 Å². The van der Waals surface area contributed by atoms with Crippen molar-refractivity contribution in [2.45, 2.75) is 12.8 Å². The molecule has 1 heterocycles. The first kappa shape index (κ1) is 8.40. The lowest BCUT2D eigenvalue weighted by Gasteiger charge is -2.21. The number of hydrogen-bond donors (Lipinski definition) is 1. The molecule has 0 saturated heterocycles. The van der Waals surface area contributed by atoms with E-state index in [1.54, 1.807) is 0 Å². The zero-order valence-electron chi connectivity index (χ0n) is 7.26. The van der Waals surface area contributed by atoms with E-state index < -0.39 is 0 Å². The number of hydrogen-bond acceptors (Lipinski definition) is 3. The van der Waals surface area contributed by atoms with Gasteiger partial charge in [0.25, 0.3) is 0 Å². The molecule has 0 atom stereocenters. The van der Waals surface area contributed by atoms with E-state index >= 15 is 0 Å². The Balaban J connectivity index is 2.52. The van der Waals surface area contributed by atoms with E-state index in [4.69, 9.17) is 10.5 Å². The van der Waals surface area contributed by atoms with Gasteiger partial charge in [0.05, 0.1) is 13.2 Å². The topological polar surface area (TPSA) is 38.5 Å². The molecule has 0 aromatic rings. The minimum atomic E-state index is 0.823. The summed E-state index contributed by atoms with van der Waals surface area (Å²) in [4.78, 5) is 2.06. The first-order chi connectivity index (χ1) is 5.20. The van der Waals surface area contributed by atoms with Crippen molar-refractivity contribution < 1.29 is 4.74 Å². The van der Waals surface area contributed by atoms with Crippen LogP contribution in [0, 0.1) is 0 Å². The van der Waals surface area contributed by atoms with Crippen LogP contribution < -0.4 is 5.73 Å². The number of rotatable bonds is 2. The van der Waals surface area contributed by atoms with Crippen molar-refractivity contribution in [3.05, 3.63) is 11.5 Å². The van der Waals surface area contributed by atoms with Gasteiger partial charge in [-0.3, -0.25) is 0 Å². The third-order valence-electron chi connectivity index (χ3n) is 1.68. The van der Waals surface area contributed by atoms with Crippen LogP contribution in [0.4, 0.5) is 0 Å². The highest BCUT2D eigenvalue weighted by Crippen LogP contribution is 2.14. The van der Waals surface area contributed by atoms with Crippen molar-refractivity contribution in [2.75, 3.05) is 27.2 Å².